The quantitative estimate of drug-likeness (QED) is 0.417. The summed E-state index contributed by atoms with van der Waals surface area (Å²) >= 11 is 0. The first-order chi connectivity index (χ1) is 5.49. The normalized spacial score (nSPS) is 27.2. The molecule has 1 atom stereocenters. The van der Waals surface area contributed by atoms with E-state index in [-0.39, 0.29) is 12.4 Å². The fourth-order valence-corrected chi connectivity index (χ4v) is 1.08. The molecule has 0 radical (unpaired) electrons. The van der Waals surface area contributed by atoms with Crippen molar-refractivity contribution in [2.75, 3.05) is 13.7 Å². The molecule has 1 aliphatic heterocycles. The molecule has 1 aliphatic rings. The molecule has 0 bridgehead atoms. The Bertz CT molecular complexity index is 219. The molecule has 68 valence electrons. The van der Waals surface area contributed by atoms with Gasteiger partial charge in [-0.25, -0.2) is 4.79 Å². The second-order valence-electron chi connectivity index (χ2n) is 3.46. The molecular weight excluding hydrogens is 160 g/mol. The van der Waals surface area contributed by atoms with Crippen molar-refractivity contribution in [2.24, 2.45) is 5.41 Å². The van der Waals surface area contributed by atoms with E-state index in [2.05, 4.69) is 4.74 Å². The predicted octanol–water partition coefficient (Wildman–Crippen LogP) is 0.153. The first-order valence-electron chi connectivity index (χ1n) is 3.73. The fourth-order valence-electron chi connectivity index (χ4n) is 1.08. The van der Waals surface area contributed by atoms with Gasteiger partial charge in [-0.1, -0.05) is 13.8 Å². The van der Waals surface area contributed by atoms with Gasteiger partial charge in [0.2, 0.25) is 6.10 Å². The molecule has 0 aromatic carbocycles. The number of carbonyl (C=O) groups is 2. The average Bonchev–Trinajstić information content (AvgIpc) is 2.27. The van der Waals surface area contributed by atoms with E-state index in [4.69, 9.17) is 4.74 Å². The van der Waals surface area contributed by atoms with Crippen LogP contribution in [0.4, 0.5) is 0 Å². The van der Waals surface area contributed by atoms with Gasteiger partial charge in [0, 0.05) is 0 Å². The molecule has 0 unspecified atom stereocenters. The van der Waals surface area contributed by atoms with Gasteiger partial charge in [0.1, 0.15) is 0 Å². The zero-order valence-corrected chi connectivity index (χ0v) is 7.42. The van der Waals surface area contributed by atoms with Gasteiger partial charge in [-0.05, 0) is 0 Å². The van der Waals surface area contributed by atoms with E-state index in [1.165, 1.54) is 7.11 Å². The Morgan fingerprint density at radius 2 is 2.25 bits per heavy atom. The summed E-state index contributed by atoms with van der Waals surface area (Å²) in [7, 11) is 1.24. The second kappa shape index (κ2) is 2.86. The summed E-state index contributed by atoms with van der Waals surface area (Å²) in [6.45, 7) is 3.78. The molecule has 0 aromatic heterocycles. The van der Waals surface area contributed by atoms with Crippen molar-refractivity contribution >= 4 is 11.8 Å². The topological polar surface area (TPSA) is 52.6 Å². The highest BCUT2D eigenvalue weighted by Gasteiger charge is 2.46. The highest BCUT2D eigenvalue weighted by molar-refractivity contribution is 6.05. The zero-order valence-electron chi connectivity index (χ0n) is 7.42. The van der Waals surface area contributed by atoms with Crippen LogP contribution in [-0.4, -0.2) is 31.6 Å². The molecule has 1 heterocycles. The summed E-state index contributed by atoms with van der Waals surface area (Å²) in [6, 6.07) is 0. The number of esters is 1. The van der Waals surface area contributed by atoms with Gasteiger partial charge in [0.05, 0.1) is 19.1 Å². The third-order valence-corrected chi connectivity index (χ3v) is 1.93. The van der Waals surface area contributed by atoms with Crippen LogP contribution in [0.5, 0.6) is 0 Å². The van der Waals surface area contributed by atoms with Crippen LogP contribution in [0.15, 0.2) is 0 Å². The van der Waals surface area contributed by atoms with E-state index in [0.29, 0.717) is 0 Å². The Labute approximate surface area is 70.8 Å². The van der Waals surface area contributed by atoms with Gasteiger partial charge in [-0.15, -0.1) is 0 Å². The second-order valence-corrected chi connectivity index (χ2v) is 3.46. The summed E-state index contributed by atoms with van der Waals surface area (Å²) < 4.78 is 9.42. The van der Waals surface area contributed by atoms with Crippen LogP contribution in [0.25, 0.3) is 0 Å². The number of carbonyl (C=O) groups excluding carboxylic acids is 2. The van der Waals surface area contributed by atoms with Gasteiger partial charge in [-0.3, -0.25) is 4.79 Å². The summed E-state index contributed by atoms with van der Waals surface area (Å²) in [5.74, 6) is -0.806. The van der Waals surface area contributed by atoms with Gasteiger partial charge < -0.3 is 9.47 Å². The molecule has 4 nitrogen and oxygen atoms in total. The van der Waals surface area contributed by atoms with E-state index in [1.807, 2.05) is 0 Å². The number of ether oxygens (including phenoxy) is 2. The first kappa shape index (κ1) is 9.19. The lowest BCUT2D eigenvalue weighted by atomic mass is 9.89. The Hall–Kier alpha value is -0.900. The molecule has 0 aliphatic carbocycles. The SMILES string of the molecule is COC(=O)[C@H]1OCC(C)(C)C1=O. The van der Waals surface area contributed by atoms with E-state index in [1.54, 1.807) is 13.8 Å². The van der Waals surface area contributed by atoms with E-state index < -0.39 is 17.5 Å². The molecular formula is C8H12O4. The molecule has 0 N–H and O–H groups in total. The van der Waals surface area contributed by atoms with Crippen LogP contribution >= 0.6 is 0 Å². The van der Waals surface area contributed by atoms with Crippen LogP contribution < -0.4 is 0 Å². The maximum Gasteiger partial charge on any atom is 0.342 e. The summed E-state index contributed by atoms with van der Waals surface area (Å²) in [4.78, 5) is 22.3. The lowest BCUT2D eigenvalue weighted by Gasteiger charge is -2.11. The fraction of sp³-hybridized carbons (Fsp3) is 0.750. The average molecular weight is 172 g/mol. The third kappa shape index (κ3) is 1.34. The van der Waals surface area contributed by atoms with Crippen LogP contribution in [0.3, 0.4) is 0 Å². The molecule has 4 heteroatoms. The molecule has 0 aromatic rings. The predicted molar refractivity (Wildman–Crippen MR) is 40.5 cm³/mol. The van der Waals surface area contributed by atoms with Crippen LogP contribution in [0, 0.1) is 5.41 Å². The zero-order chi connectivity index (χ0) is 9.35. The Morgan fingerprint density at radius 1 is 1.67 bits per heavy atom. The van der Waals surface area contributed by atoms with Crippen LogP contribution in [-0.2, 0) is 19.1 Å². The highest BCUT2D eigenvalue weighted by atomic mass is 16.6. The van der Waals surface area contributed by atoms with E-state index in [9.17, 15) is 9.59 Å². The van der Waals surface area contributed by atoms with Crippen molar-refractivity contribution in [1.82, 2.24) is 0 Å². The largest absolute Gasteiger partial charge is 0.467 e. The van der Waals surface area contributed by atoms with Crippen molar-refractivity contribution in [3.63, 3.8) is 0 Å². The molecule has 1 rings (SSSR count). The summed E-state index contributed by atoms with van der Waals surface area (Å²) in [5, 5.41) is 0. The Balaban J connectivity index is 2.74. The van der Waals surface area contributed by atoms with E-state index >= 15 is 0 Å². The Morgan fingerprint density at radius 3 is 2.58 bits per heavy atom. The number of hydrogen-bond donors (Lipinski definition) is 0. The van der Waals surface area contributed by atoms with Gasteiger partial charge in [-0.2, -0.15) is 0 Å². The van der Waals surface area contributed by atoms with Crippen molar-refractivity contribution in [2.45, 2.75) is 20.0 Å². The lowest BCUT2D eigenvalue weighted by Crippen LogP contribution is -2.33. The van der Waals surface area contributed by atoms with Gasteiger partial charge in [0.15, 0.2) is 5.78 Å². The smallest absolute Gasteiger partial charge is 0.342 e. The standard InChI is InChI=1S/C8H12O4/c1-8(2)4-12-5(6(8)9)7(10)11-3/h5H,4H2,1-3H3/t5-/m0/s1. The summed E-state index contributed by atoms with van der Waals surface area (Å²) in [5.41, 5.74) is -0.557. The highest BCUT2D eigenvalue weighted by Crippen LogP contribution is 2.27. The van der Waals surface area contributed by atoms with Crippen LogP contribution in [0.1, 0.15) is 13.8 Å². The van der Waals surface area contributed by atoms with Crippen molar-refractivity contribution in [1.29, 1.82) is 0 Å². The number of ketones is 1. The molecule has 12 heavy (non-hydrogen) atoms. The lowest BCUT2D eigenvalue weighted by molar-refractivity contribution is -0.154. The number of hydrogen-bond acceptors (Lipinski definition) is 4. The molecule has 1 fully saturated rings. The van der Waals surface area contributed by atoms with Crippen molar-refractivity contribution in [3.05, 3.63) is 0 Å². The maximum atomic E-state index is 11.4. The minimum atomic E-state index is -1.01. The van der Waals surface area contributed by atoms with Gasteiger partial charge in [0.25, 0.3) is 0 Å². The molecule has 0 amide bonds. The van der Waals surface area contributed by atoms with Crippen molar-refractivity contribution < 1.29 is 19.1 Å². The monoisotopic (exact) mass is 172 g/mol. The number of rotatable bonds is 1. The maximum absolute atomic E-state index is 11.4. The van der Waals surface area contributed by atoms with Crippen LogP contribution in [0.2, 0.25) is 0 Å². The first-order valence-corrected chi connectivity index (χ1v) is 3.73. The number of methoxy groups -OCH3 is 1. The van der Waals surface area contributed by atoms with Crippen molar-refractivity contribution in [3.8, 4) is 0 Å². The minimum absolute atomic E-state index is 0.200. The third-order valence-electron chi connectivity index (χ3n) is 1.93. The van der Waals surface area contributed by atoms with Gasteiger partial charge >= 0.3 is 5.97 Å². The molecule has 1 saturated heterocycles. The molecule has 0 spiro atoms. The Kier molecular flexibility index (Phi) is 2.19. The minimum Gasteiger partial charge on any atom is -0.467 e. The van der Waals surface area contributed by atoms with E-state index in [0.717, 1.165) is 0 Å². The molecule has 0 saturated carbocycles. The summed E-state index contributed by atoms with van der Waals surface area (Å²) in [6.07, 6.45) is -1.01. The number of Topliss-reactive ketones (excluding diaryl/α,β-unsaturated/α-hetero) is 1.